The number of nitrogens with zero attached hydrogens (tertiary/aromatic N) is 2. The number of aliphatic hydroxyl groups is 2. The highest BCUT2D eigenvalue weighted by molar-refractivity contribution is 5.49. The van der Waals surface area contributed by atoms with Gasteiger partial charge in [-0.15, -0.1) is 0 Å². The predicted octanol–water partition coefficient (Wildman–Crippen LogP) is 5.31. The van der Waals surface area contributed by atoms with E-state index in [1.807, 2.05) is 12.1 Å². The molecule has 0 bridgehead atoms. The van der Waals surface area contributed by atoms with Gasteiger partial charge >= 0.3 is 0 Å². The molecule has 0 aliphatic rings. The Kier molecular flexibility index (Phi) is 11.7. The molecule has 0 fully saturated rings. The van der Waals surface area contributed by atoms with E-state index in [4.69, 9.17) is 29.2 Å². The molecule has 0 saturated heterocycles. The smallest absolute Gasteiger partial charge is 0.222 e. The third kappa shape index (κ3) is 9.23. The number of benzene rings is 2. The molecule has 2 aromatic heterocycles. The van der Waals surface area contributed by atoms with Crippen LogP contribution in [0.4, 0.5) is 8.78 Å². The van der Waals surface area contributed by atoms with Crippen molar-refractivity contribution in [2.24, 2.45) is 0 Å². The molecule has 2 aromatic carbocycles. The third-order valence-corrected chi connectivity index (χ3v) is 5.14. The van der Waals surface area contributed by atoms with Gasteiger partial charge < -0.3 is 29.2 Å². The maximum Gasteiger partial charge on any atom is 0.222 e. The summed E-state index contributed by atoms with van der Waals surface area (Å²) in [7, 11) is 3.03. The van der Waals surface area contributed by atoms with E-state index >= 15 is 0 Å². The van der Waals surface area contributed by atoms with Crippen LogP contribution in [-0.2, 0) is 6.42 Å². The lowest BCUT2D eigenvalue weighted by atomic mass is 10.1. The van der Waals surface area contributed by atoms with E-state index in [2.05, 4.69) is 21.8 Å². The molecule has 0 spiro atoms. The molecule has 10 heteroatoms. The maximum absolute atomic E-state index is 13.0. The van der Waals surface area contributed by atoms with Crippen LogP contribution in [0.2, 0.25) is 0 Å². The summed E-state index contributed by atoms with van der Waals surface area (Å²) in [5, 5.41) is 17.5. The number of aryl methyl sites for hydroxylation is 1. The van der Waals surface area contributed by atoms with Crippen LogP contribution in [0.1, 0.15) is 17.5 Å². The number of aromatic nitrogens is 2. The maximum atomic E-state index is 13.0. The number of hydrogen-bond acceptors (Lipinski definition) is 8. The van der Waals surface area contributed by atoms with Crippen molar-refractivity contribution in [3.05, 3.63) is 95.8 Å². The Morgan fingerprint density at radius 2 is 1.30 bits per heavy atom. The predicted molar refractivity (Wildman–Crippen MR) is 144 cm³/mol. The summed E-state index contributed by atoms with van der Waals surface area (Å²) in [6.07, 6.45) is 1.44. The van der Waals surface area contributed by atoms with Crippen LogP contribution < -0.4 is 18.9 Å². The fourth-order valence-electron chi connectivity index (χ4n) is 3.32. The molecule has 0 aliphatic heterocycles. The van der Waals surface area contributed by atoms with E-state index in [0.29, 0.717) is 35.0 Å². The first-order valence-electron chi connectivity index (χ1n) is 12.1. The number of rotatable bonds is 9. The first-order chi connectivity index (χ1) is 19.4. The van der Waals surface area contributed by atoms with Crippen molar-refractivity contribution < 1.29 is 37.9 Å². The summed E-state index contributed by atoms with van der Waals surface area (Å²) < 4.78 is 47.4. The average molecular weight is 551 g/mol. The van der Waals surface area contributed by atoms with Gasteiger partial charge in [0.05, 0.1) is 14.2 Å². The molecule has 0 aliphatic carbocycles. The summed E-state index contributed by atoms with van der Waals surface area (Å²) in [5.41, 5.74) is 1.71. The van der Waals surface area contributed by atoms with E-state index in [0.717, 1.165) is 12.0 Å². The van der Waals surface area contributed by atoms with Gasteiger partial charge in [-0.05, 0) is 60.9 Å². The minimum absolute atomic E-state index is 0.137. The largest absolute Gasteiger partial charge is 0.493 e. The molecule has 0 saturated carbocycles. The molecule has 2 heterocycles. The number of aliphatic hydroxyl groups excluding tert-OH is 2. The van der Waals surface area contributed by atoms with Gasteiger partial charge in [0.2, 0.25) is 23.7 Å². The molecule has 8 nitrogen and oxygen atoms in total. The minimum atomic E-state index is -0.619. The molecule has 0 atom stereocenters. The fraction of sp³-hybridized carbons (Fsp3) is 0.200. The zero-order chi connectivity index (χ0) is 28.7. The fourth-order valence-corrected chi connectivity index (χ4v) is 3.32. The van der Waals surface area contributed by atoms with Crippen molar-refractivity contribution in [2.75, 3.05) is 27.4 Å². The number of halogens is 2. The highest BCUT2D eigenvalue weighted by atomic mass is 19.1. The number of methoxy groups -OCH3 is 2. The standard InChI is InChI=1S/C15H16FNO3.C15H12FNO3/c2*1-19-13-10-11(4-3-9-18)7-8-12(13)20-15-6-2-5-14(16)17-15/h2,5-8,10,18H,3-4,9H2,1H3;2,5-8,10,18H,9H2,1H3. The molecular weight excluding hydrogens is 522 g/mol. The topological polar surface area (TPSA) is 103 Å². The van der Waals surface area contributed by atoms with Crippen LogP contribution in [0.15, 0.2) is 72.8 Å². The molecule has 0 radical (unpaired) electrons. The van der Waals surface area contributed by atoms with Gasteiger partial charge in [0.15, 0.2) is 23.0 Å². The molecular formula is C30H28F2N2O6. The second kappa shape index (κ2) is 15.6. The van der Waals surface area contributed by atoms with Crippen LogP contribution in [0, 0.1) is 23.7 Å². The van der Waals surface area contributed by atoms with E-state index in [-0.39, 0.29) is 25.0 Å². The van der Waals surface area contributed by atoms with Crippen LogP contribution in [-0.4, -0.2) is 47.6 Å². The summed E-state index contributed by atoms with van der Waals surface area (Å²) in [6.45, 7) is -0.0679. The number of ether oxygens (including phenoxy) is 4. The first kappa shape index (κ1) is 29.8. The van der Waals surface area contributed by atoms with Crippen molar-refractivity contribution >= 4 is 0 Å². The highest BCUT2D eigenvalue weighted by Crippen LogP contribution is 2.32. The zero-order valence-corrected chi connectivity index (χ0v) is 21.9. The lowest BCUT2D eigenvalue weighted by Crippen LogP contribution is -1.95. The van der Waals surface area contributed by atoms with Gasteiger partial charge in [-0.3, -0.25) is 0 Å². The molecule has 2 N–H and O–H groups in total. The second-order valence-corrected chi connectivity index (χ2v) is 7.94. The quantitative estimate of drug-likeness (QED) is 0.214. The lowest BCUT2D eigenvalue weighted by molar-refractivity contribution is 0.288. The zero-order valence-electron chi connectivity index (χ0n) is 21.9. The summed E-state index contributed by atoms with van der Waals surface area (Å²) >= 11 is 0. The van der Waals surface area contributed by atoms with Crippen molar-refractivity contribution in [3.8, 4) is 46.6 Å². The van der Waals surface area contributed by atoms with E-state index in [1.54, 1.807) is 36.4 Å². The van der Waals surface area contributed by atoms with Crippen molar-refractivity contribution in [2.45, 2.75) is 12.8 Å². The van der Waals surface area contributed by atoms with Crippen LogP contribution in [0.25, 0.3) is 0 Å². The summed E-state index contributed by atoms with van der Waals surface area (Å²) in [5.74, 6) is 6.26. The Hall–Kier alpha value is -4.72. The van der Waals surface area contributed by atoms with Crippen molar-refractivity contribution in [3.63, 3.8) is 0 Å². The van der Waals surface area contributed by atoms with Gasteiger partial charge in [0, 0.05) is 24.3 Å². The van der Waals surface area contributed by atoms with E-state index < -0.39 is 11.9 Å². The molecule has 208 valence electrons. The Morgan fingerprint density at radius 1 is 0.725 bits per heavy atom. The van der Waals surface area contributed by atoms with E-state index in [9.17, 15) is 8.78 Å². The van der Waals surface area contributed by atoms with Crippen LogP contribution in [0.3, 0.4) is 0 Å². The minimum Gasteiger partial charge on any atom is -0.493 e. The highest BCUT2D eigenvalue weighted by Gasteiger charge is 2.09. The second-order valence-electron chi connectivity index (χ2n) is 7.94. The van der Waals surface area contributed by atoms with Gasteiger partial charge in [-0.1, -0.05) is 30.0 Å². The molecule has 0 amide bonds. The van der Waals surface area contributed by atoms with Crippen LogP contribution >= 0.6 is 0 Å². The van der Waals surface area contributed by atoms with Gasteiger partial charge in [-0.2, -0.15) is 18.7 Å². The average Bonchev–Trinajstić information content (AvgIpc) is 2.96. The summed E-state index contributed by atoms with van der Waals surface area (Å²) in [6, 6.07) is 19.1. The Balaban J connectivity index is 0.000000220. The monoisotopic (exact) mass is 550 g/mol. The lowest BCUT2D eigenvalue weighted by Gasteiger charge is -2.11. The first-order valence-corrected chi connectivity index (χ1v) is 12.1. The van der Waals surface area contributed by atoms with Crippen molar-refractivity contribution in [1.82, 2.24) is 9.97 Å². The molecule has 4 rings (SSSR count). The third-order valence-electron chi connectivity index (χ3n) is 5.14. The van der Waals surface area contributed by atoms with Gasteiger partial charge in [-0.25, -0.2) is 0 Å². The Bertz CT molecular complexity index is 1460. The van der Waals surface area contributed by atoms with Gasteiger partial charge in [0.1, 0.15) is 6.61 Å². The normalized spacial score (nSPS) is 9.95. The van der Waals surface area contributed by atoms with Crippen LogP contribution in [0.5, 0.6) is 34.8 Å². The SMILES string of the molecule is COc1cc(C#CCO)ccc1Oc1cccc(F)n1.COc1cc(CCCO)ccc1Oc1cccc(F)n1. The molecule has 40 heavy (non-hydrogen) atoms. The van der Waals surface area contributed by atoms with Crippen molar-refractivity contribution in [1.29, 1.82) is 0 Å². The van der Waals surface area contributed by atoms with Gasteiger partial charge in [0.25, 0.3) is 0 Å². The number of pyridine rings is 2. The molecule has 4 aromatic rings. The Labute approximate surface area is 230 Å². The Morgan fingerprint density at radius 3 is 1.82 bits per heavy atom. The molecule has 0 unspecified atom stereocenters. The summed E-state index contributed by atoms with van der Waals surface area (Å²) in [4.78, 5) is 7.25. The number of hydrogen-bond donors (Lipinski definition) is 2. The van der Waals surface area contributed by atoms with E-state index in [1.165, 1.54) is 38.5 Å².